The number of nitrogens with two attached hydrogens (primary N) is 1. The molecule has 0 aliphatic carbocycles. The smallest absolute Gasteiger partial charge is 0.219 e. The Labute approximate surface area is 85.8 Å². The van der Waals surface area contributed by atoms with Crippen molar-refractivity contribution in [3.63, 3.8) is 0 Å². The number of likely N-dealkylation sites (tertiary alicyclic amines) is 1. The molecule has 1 fully saturated rings. The molecular formula is C10H21N3O. The molecule has 3 N–H and O–H groups in total. The lowest BCUT2D eigenvalue weighted by Crippen LogP contribution is -2.43. The Bertz CT molecular complexity index is 176. The van der Waals surface area contributed by atoms with E-state index in [0.717, 1.165) is 39.0 Å². The molecule has 0 saturated carbocycles. The normalized spacial score (nSPS) is 19.6. The highest BCUT2D eigenvalue weighted by Crippen LogP contribution is 2.06. The summed E-state index contributed by atoms with van der Waals surface area (Å²) in [5, 5.41) is 2.88. The maximum absolute atomic E-state index is 11.0. The Hall–Kier alpha value is -0.610. The third-order valence-electron chi connectivity index (χ3n) is 2.70. The van der Waals surface area contributed by atoms with Crippen molar-refractivity contribution in [2.24, 2.45) is 5.73 Å². The lowest BCUT2D eigenvalue weighted by Gasteiger charge is -2.29. The van der Waals surface area contributed by atoms with Gasteiger partial charge in [-0.1, -0.05) is 6.92 Å². The van der Waals surface area contributed by atoms with Crippen LogP contribution in [0.15, 0.2) is 0 Å². The molecule has 14 heavy (non-hydrogen) atoms. The van der Waals surface area contributed by atoms with Crippen LogP contribution >= 0.6 is 0 Å². The molecule has 0 bridgehead atoms. The summed E-state index contributed by atoms with van der Waals surface area (Å²) in [4.78, 5) is 13.3. The van der Waals surface area contributed by atoms with E-state index in [1.54, 1.807) is 0 Å². The molecule has 1 saturated heterocycles. The van der Waals surface area contributed by atoms with Crippen LogP contribution in [0.2, 0.25) is 0 Å². The maximum Gasteiger partial charge on any atom is 0.219 e. The zero-order valence-corrected chi connectivity index (χ0v) is 8.96. The molecule has 4 nitrogen and oxygen atoms in total. The summed E-state index contributed by atoms with van der Waals surface area (Å²) in [6.07, 6.45) is 2.74. The average molecular weight is 199 g/mol. The van der Waals surface area contributed by atoms with E-state index in [2.05, 4.69) is 10.2 Å². The summed E-state index contributed by atoms with van der Waals surface area (Å²) in [6.45, 7) is 5.74. The molecule has 1 amide bonds. The summed E-state index contributed by atoms with van der Waals surface area (Å²) >= 11 is 0. The van der Waals surface area contributed by atoms with Gasteiger partial charge in [0.05, 0.1) is 0 Å². The number of amides is 1. The van der Waals surface area contributed by atoms with Crippen LogP contribution in [0.5, 0.6) is 0 Å². The molecule has 1 aliphatic rings. The first kappa shape index (κ1) is 11.5. The highest BCUT2D eigenvalue weighted by atomic mass is 16.1. The number of hydrogen-bond donors (Lipinski definition) is 2. The number of carbonyl (C=O) groups is 1. The predicted molar refractivity (Wildman–Crippen MR) is 57.0 cm³/mol. The average Bonchev–Trinajstić information content (AvgIpc) is 2.21. The second-order valence-electron chi connectivity index (χ2n) is 3.88. The SMILES string of the molecule is CCC(=O)NCCN1CCC(N)CC1. The van der Waals surface area contributed by atoms with E-state index in [1.807, 2.05) is 6.92 Å². The highest BCUT2D eigenvalue weighted by molar-refractivity contribution is 5.75. The third kappa shape index (κ3) is 4.07. The second kappa shape index (κ2) is 5.98. The van der Waals surface area contributed by atoms with Crippen LogP contribution in [-0.2, 0) is 4.79 Å². The van der Waals surface area contributed by atoms with Crippen molar-refractivity contribution >= 4 is 5.91 Å². The highest BCUT2D eigenvalue weighted by Gasteiger charge is 2.15. The standard InChI is InChI=1S/C10H21N3O/c1-2-10(14)12-5-8-13-6-3-9(11)4-7-13/h9H,2-8,11H2,1H3,(H,12,14). The second-order valence-corrected chi connectivity index (χ2v) is 3.88. The summed E-state index contributed by atoms with van der Waals surface area (Å²) in [5.41, 5.74) is 5.80. The van der Waals surface area contributed by atoms with Crippen LogP contribution in [0.1, 0.15) is 26.2 Å². The Kier molecular flexibility index (Phi) is 4.90. The molecule has 0 atom stereocenters. The van der Waals surface area contributed by atoms with Crippen molar-refractivity contribution in [1.82, 2.24) is 10.2 Å². The van der Waals surface area contributed by atoms with Crippen LogP contribution in [0, 0.1) is 0 Å². The minimum Gasteiger partial charge on any atom is -0.355 e. The van der Waals surface area contributed by atoms with Gasteiger partial charge in [0, 0.05) is 25.6 Å². The van der Waals surface area contributed by atoms with Gasteiger partial charge in [0.1, 0.15) is 0 Å². The first-order valence-electron chi connectivity index (χ1n) is 5.47. The number of rotatable bonds is 4. The minimum atomic E-state index is 0.138. The minimum absolute atomic E-state index is 0.138. The molecule has 1 heterocycles. The number of nitrogens with one attached hydrogen (secondary N) is 1. The van der Waals surface area contributed by atoms with Crippen molar-refractivity contribution in [2.45, 2.75) is 32.2 Å². The molecule has 1 rings (SSSR count). The van der Waals surface area contributed by atoms with Crippen molar-refractivity contribution in [1.29, 1.82) is 0 Å². The Morgan fingerprint density at radius 3 is 2.71 bits per heavy atom. The Balaban J connectivity index is 2.04. The van der Waals surface area contributed by atoms with Gasteiger partial charge >= 0.3 is 0 Å². The first-order valence-corrected chi connectivity index (χ1v) is 5.47. The summed E-state index contributed by atoms with van der Waals surface area (Å²) in [7, 11) is 0. The van der Waals surface area contributed by atoms with E-state index in [4.69, 9.17) is 5.73 Å². The van der Waals surface area contributed by atoms with Gasteiger partial charge in [-0.2, -0.15) is 0 Å². The van der Waals surface area contributed by atoms with Crippen LogP contribution in [-0.4, -0.2) is 43.0 Å². The van der Waals surface area contributed by atoms with Gasteiger partial charge in [-0.05, 0) is 25.9 Å². The fourth-order valence-electron chi connectivity index (χ4n) is 1.65. The molecule has 4 heteroatoms. The molecule has 0 aromatic heterocycles. The summed E-state index contributed by atoms with van der Waals surface area (Å²) in [5.74, 6) is 0.138. The third-order valence-corrected chi connectivity index (χ3v) is 2.70. The predicted octanol–water partition coefficient (Wildman–Crippen LogP) is -0.0643. The van der Waals surface area contributed by atoms with Crippen LogP contribution in [0.4, 0.5) is 0 Å². The first-order chi connectivity index (χ1) is 6.72. The fourth-order valence-corrected chi connectivity index (χ4v) is 1.65. The Morgan fingerprint density at radius 2 is 2.14 bits per heavy atom. The number of nitrogens with zero attached hydrogens (tertiary/aromatic N) is 1. The van der Waals surface area contributed by atoms with Crippen molar-refractivity contribution in [2.75, 3.05) is 26.2 Å². The maximum atomic E-state index is 11.0. The summed E-state index contributed by atoms with van der Waals surface area (Å²) in [6, 6.07) is 0.386. The molecule has 0 spiro atoms. The Morgan fingerprint density at radius 1 is 1.50 bits per heavy atom. The molecule has 82 valence electrons. The van der Waals surface area contributed by atoms with Crippen LogP contribution in [0.3, 0.4) is 0 Å². The quantitative estimate of drug-likeness (QED) is 0.666. The van der Waals surface area contributed by atoms with Gasteiger partial charge in [-0.15, -0.1) is 0 Å². The van der Waals surface area contributed by atoms with E-state index in [0.29, 0.717) is 12.5 Å². The monoisotopic (exact) mass is 199 g/mol. The van der Waals surface area contributed by atoms with Crippen LogP contribution in [0.25, 0.3) is 0 Å². The van der Waals surface area contributed by atoms with E-state index < -0.39 is 0 Å². The van der Waals surface area contributed by atoms with E-state index >= 15 is 0 Å². The van der Waals surface area contributed by atoms with Crippen molar-refractivity contribution in [3.8, 4) is 0 Å². The van der Waals surface area contributed by atoms with Crippen molar-refractivity contribution in [3.05, 3.63) is 0 Å². The van der Waals surface area contributed by atoms with Gasteiger partial charge in [0.25, 0.3) is 0 Å². The fraction of sp³-hybridized carbons (Fsp3) is 0.900. The van der Waals surface area contributed by atoms with Gasteiger partial charge < -0.3 is 16.0 Å². The zero-order valence-electron chi connectivity index (χ0n) is 8.96. The molecule has 1 aliphatic heterocycles. The number of piperidine rings is 1. The van der Waals surface area contributed by atoms with Crippen molar-refractivity contribution < 1.29 is 4.79 Å². The van der Waals surface area contributed by atoms with E-state index in [9.17, 15) is 4.79 Å². The van der Waals surface area contributed by atoms with Crippen LogP contribution < -0.4 is 11.1 Å². The van der Waals surface area contributed by atoms with Gasteiger partial charge in [-0.3, -0.25) is 4.79 Å². The lowest BCUT2D eigenvalue weighted by molar-refractivity contribution is -0.120. The van der Waals surface area contributed by atoms with E-state index in [-0.39, 0.29) is 5.91 Å². The van der Waals surface area contributed by atoms with E-state index in [1.165, 1.54) is 0 Å². The molecule has 0 aromatic rings. The number of hydrogen-bond acceptors (Lipinski definition) is 3. The zero-order chi connectivity index (χ0) is 10.4. The molecule has 0 aromatic carbocycles. The largest absolute Gasteiger partial charge is 0.355 e. The van der Waals surface area contributed by atoms with Gasteiger partial charge in [0.2, 0.25) is 5.91 Å². The van der Waals surface area contributed by atoms with Gasteiger partial charge in [-0.25, -0.2) is 0 Å². The topological polar surface area (TPSA) is 58.4 Å². The lowest BCUT2D eigenvalue weighted by atomic mass is 10.1. The van der Waals surface area contributed by atoms with Gasteiger partial charge in [0.15, 0.2) is 0 Å². The summed E-state index contributed by atoms with van der Waals surface area (Å²) < 4.78 is 0. The molecular weight excluding hydrogens is 178 g/mol. The molecule has 0 radical (unpaired) electrons. The number of carbonyl (C=O) groups excluding carboxylic acids is 1. The molecule has 0 unspecified atom stereocenters.